The lowest BCUT2D eigenvalue weighted by atomic mass is 10.3. The standard InChI is InChI=1S/C23H26ClN3O4S2/c1-29-16-3-5-17(6-4-16)32-15-20(28)27(10-9-26-11-13-31-14-12-26)23-25-21-19(30-2)8-7-18(24)22(21)33-23/h3-8H,9-15H2,1-2H3. The van der Waals surface area contributed by atoms with Crippen LogP contribution in [0.5, 0.6) is 11.5 Å². The molecule has 3 aromatic rings. The maximum Gasteiger partial charge on any atom is 0.239 e. The first-order chi connectivity index (χ1) is 16.1. The molecule has 10 heteroatoms. The molecule has 0 N–H and O–H groups in total. The maximum absolute atomic E-state index is 13.4. The Labute approximate surface area is 206 Å². The van der Waals surface area contributed by atoms with E-state index in [9.17, 15) is 4.79 Å². The summed E-state index contributed by atoms with van der Waals surface area (Å²) in [6, 6.07) is 11.3. The molecule has 4 rings (SSSR count). The molecular formula is C23H26ClN3O4S2. The molecule has 176 valence electrons. The minimum Gasteiger partial charge on any atom is -0.497 e. The molecule has 2 heterocycles. The molecule has 1 fully saturated rings. The zero-order valence-corrected chi connectivity index (χ0v) is 21.0. The van der Waals surface area contributed by atoms with Crippen LogP contribution in [0.2, 0.25) is 5.02 Å². The Bertz CT molecular complexity index is 1090. The van der Waals surface area contributed by atoms with Crippen molar-refractivity contribution in [1.29, 1.82) is 0 Å². The van der Waals surface area contributed by atoms with Gasteiger partial charge in [0, 0.05) is 31.1 Å². The van der Waals surface area contributed by atoms with E-state index >= 15 is 0 Å². The molecule has 2 aromatic carbocycles. The molecular weight excluding hydrogens is 482 g/mol. The predicted octanol–water partition coefficient (Wildman–Crippen LogP) is 4.42. The average Bonchev–Trinajstić information content (AvgIpc) is 3.30. The second-order valence-corrected chi connectivity index (χ2v) is 9.82. The van der Waals surface area contributed by atoms with Crippen molar-refractivity contribution in [2.75, 3.05) is 64.3 Å². The van der Waals surface area contributed by atoms with E-state index in [-0.39, 0.29) is 5.91 Å². The number of thioether (sulfide) groups is 1. The summed E-state index contributed by atoms with van der Waals surface area (Å²) in [5.41, 5.74) is 0.678. The summed E-state index contributed by atoms with van der Waals surface area (Å²) in [7, 11) is 3.24. The summed E-state index contributed by atoms with van der Waals surface area (Å²) >= 11 is 9.33. The van der Waals surface area contributed by atoms with Crippen LogP contribution in [-0.4, -0.2) is 75.2 Å². The number of methoxy groups -OCH3 is 2. The highest BCUT2D eigenvalue weighted by Gasteiger charge is 2.23. The molecule has 0 saturated carbocycles. The number of hydrogen-bond donors (Lipinski definition) is 0. The van der Waals surface area contributed by atoms with Gasteiger partial charge in [0.25, 0.3) is 0 Å². The number of rotatable bonds is 9. The molecule has 0 bridgehead atoms. The first-order valence-corrected chi connectivity index (χ1v) is 12.8. The van der Waals surface area contributed by atoms with Crippen LogP contribution in [-0.2, 0) is 9.53 Å². The smallest absolute Gasteiger partial charge is 0.239 e. The van der Waals surface area contributed by atoms with E-state index in [4.69, 9.17) is 30.8 Å². The summed E-state index contributed by atoms with van der Waals surface area (Å²) < 4.78 is 16.9. The van der Waals surface area contributed by atoms with Crippen LogP contribution in [0.4, 0.5) is 5.13 Å². The first kappa shape index (κ1) is 24.1. The molecule has 1 aliphatic heterocycles. The van der Waals surface area contributed by atoms with Gasteiger partial charge in [0.15, 0.2) is 5.13 Å². The summed E-state index contributed by atoms with van der Waals surface area (Å²) in [6.45, 7) is 4.46. The van der Waals surface area contributed by atoms with E-state index in [2.05, 4.69) is 4.90 Å². The summed E-state index contributed by atoms with van der Waals surface area (Å²) in [5, 5.41) is 1.23. The first-order valence-electron chi connectivity index (χ1n) is 10.6. The minimum absolute atomic E-state index is 0.00165. The second-order valence-electron chi connectivity index (χ2n) is 7.39. The fourth-order valence-corrected chi connectivity index (χ4v) is 5.58. The quantitative estimate of drug-likeness (QED) is 0.397. The number of nitrogens with zero attached hydrogens (tertiary/aromatic N) is 3. The number of benzene rings is 2. The van der Waals surface area contributed by atoms with E-state index in [1.54, 1.807) is 31.3 Å². The molecule has 0 atom stereocenters. The normalized spacial score (nSPS) is 14.4. The Hall–Kier alpha value is -2.04. The van der Waals surface area contributed by atoms with Crippen molar-refractivity contribution in [3.63, 3.8) is 0 Å². The monoisotopic (exact) mass is 507 g/mol. The van der Waals surface area contributed by atoms with Gasteiger partial charge < -0.3 is 14.2 Å². The van der Waals surface area contributed by atoms with Gasteiger partial charge in [-0.1, -0.05) is 22.9 Å². The third-order valence-electron chi connectivity index (χ3n) is 5.36. The van der Waals surface area contributed by atoms with Crippen molar-refractivity contribution in [3.05, 3.63) is 41.4 Å². The maximum atomic E-state index is 13.4. The van der Waals surface area contributed by atoms with Gasteiger partial charge in [0.05, 0.1) is 42.9 Å². The number of carbonyl (C=O) groups excluding carboxylic acids is 1. The molecule has 33 heavy (non-hydrogen) atoms. The van der Waals surface area contributed by atoms with Crippen LogP contribution in [0.3, 0.4) is 0 Å². The summed E-state index contributed by atoms with van der Waals surface area (Å²) in [4.78, 5) is 23.2. The van der Waals surface area contributed by atoms with Crippen LogP contribution in [0.15, 0.2) is 41.3 Å². The number of carbonyl (C=O) groups is 1. The highest BCUT2D eigenvalue weighted by atomic mass is 35.5. The van der Waals surface area contributed by atoms with Crippen molar-refractivity contribution in [2.45, 2.75) is 4.90 Å². The number of amides is 1. The van der Waals surface area contributed by atoms with Crippen molar-refractivity contribution < 1.29 is 19.0 Å². The Balaban J connectivity index is 1.54. The van der Waals surface area contributed by atoms with Gasteiger partial charge in [0.1, 0.15) is 17.0 Å². The largest absolute Gasteiger partial charge is 0.497 e. The minimum atomic E-state index is -0.00165. The number of anilines is 1. The van der Waals surface area contributed by atoms with Crippen LogP contribution in [0, 0.1) is 0 Å². The molecule has 0 aliphatic carbocycles. The molecule has 0 spiro atoms. The number of fused-ring (bicyclic) bond motifs is 1. The Morgan fingerprint density at radius 3 is 2.64 bits per heavy atom. The SMILES string of the molecule is COc1ccc(SCC(=O)N(CCN2CCOCC2)c2nc3c(OC)ccc(Cl)c3s2)cc1. The Morgan fingerprint density at radius 2 is 1.94 bits per heavy atom. The highest BCUT2D eigenvalue weighted by molar-refractivity contribution is 8.00. The molecule has 1 saturated heterocycles. The fourth-order valence-electron chi connectivity index (χ4n) is 3.51. The Kier molecular flexibility index (Phi) is 8.32. The zero-order valence-electron chi connectivity index (χ0n) is 18.6. The number of morpholine rings is 1. The summed E-state index contributed by atoms with van der Waals surface area (Å²) in [5.74, 6) is 1.73. The highest BCUT2D eigenvalue weighted by Crippen LogP contribution is 2.39. The van der Waals surface area contributed by atoms with Gasteiger partial charge in [0.2, 0.25) is 5.91 Å². The summed E-state index contributed by atoms with van der Waals surface area (Å²) in [6.07, 6.45) is 0. The Morgan fingerprint density at radius 1 is 1.18 bits per heavy atom. The number of thiazole rings is 1. The molecule has 7 nitrogen and oxygen atoms in total. The van der Waals surface area contributed by atoms with Crippen molar-refractivity contribution in [3.8, 4) is 11.5 Å². The molecule has 0 radical (unpaired) electrons. The average molecular weight is 508 g/mol. The van der Waals surface area contributed by atoms with Crippen molar-refractivity contribution in [2.24, 2.45) is 0 Å². The van der Waals surface area contributed by atoms with E-state index in [1.807, 2.05) is 24.3 Å². The fraction of sp³-hybridized carbons (Fsp3) is 0.391. The molecule has 1 aliphatic rings. The third kappa shape index (κ3) is 5.91. The molecule has 1 amide bonds. The topological polar surface area (TPSA) is 64.1 Å². The van der Waals surface area contributed by atoms with E-state index in [0.29, 0.717) is 33.7 Å². The second kappa shape index (κ2) is 11.4. The van der Waals surface area contributed by atoms with Gasteiger partial charge in [-0.05, 0) is 36.4 Å². The number of ether oxygens (including phenoxy) is 3. The third-order valence-corrected chi connectivity index (χ3v) is 7.90. The van der Waals surface area contributed by atoms with Crippen LogP contribution >= 0.6 is 34.7 Å². The number of halogens is 1. The van der Waals surface area contributed by atoms with Crippen LogP contribution in [0.1, 0.15) is 0 Å². The lowest BCUT2D eigenvalue weighted by Gasteiger charge is -2.29. The van der Waals surface area contributed by atoms with Crippen molar-refractivity contribution >= 4 is 56.0 Å². The lowest BCUT2D eigenvalue weighted by Crippen LogP contribution is -2.43. The van der Waals surface area contributed by atoms with Gasteiger partial charge in [-0.3, -0.25) is 14.6 Å². The lowest BCUT2D eigenvalue weighted by molar-refractivity contribution is -0.116. The van der Waals surface area contributed by atoms with Crippen molar-refractivity contribution in [1.82, 2.24) is 9.88 Å². The van der Waals surface area contributed by atoms with Crippen LogP contribution < -0.4 is 14.4 Å². The zero-order chi connectivity index (χ0) is 23.2. The van der Waals surface area contributed by atoms with Gasteiger partial charge >= 0.3 is 0 Å². The predicted molar refractivity (Wildman–Crippen MR) is 135 cm³/mol. The molecule has 0 unspecified atom stereocenters. The van der Waals surface area contributed by atoms with Gasteiger partial charge in [-0.2, -0.15) is 0 Å². The van der Waals surface area contributed by atoms with E-state index < -0.39 is 0 Å². The van der Waals surface area contributed by atoms with Gasteiger partial charge in [-0.15, -0.1) is 11.8 Å². The number of aromatic nitrogens is 1. The van der Waals surface area contributed by atoms with Crippen LogP contribution in [0.25, 0.3) is 10.2 Å². The van der Waals surface area contributed by atoms with Gasteiger partial charge in [-0.25, -0.2) is 4.98 Å². The molecule has 1 aromatic heterocycles. The van der Waals surface area contributed by atoms with E-state index in [1.165, 1.54) is 23.1 Å². The number of hydrogen-bond acceptors (Lipinski definition) is 8. The van der Waals surface area contributed by atoms with E-state index in [0.717, 1.165) is 48.2 Å².